The van der Waals surface area contributed by atoms with E-state index >= 15 is 0 Å². The molecule has 4 aromatic carbocycles. The minimum atomic E-state index is -0.594. The summed E-state index contributed by atoms with van der Waals surface area (Å²) < 4.78 is 84.8. The van der Waals surface area contributed by atoms with Crippen LogP contribution in [0, 0.1) is 0 Å². The average molecular weight is 480 g/mol. The first-order valence-electron chi connectivity index (χ1n) is 15.6. The summed E-state index contributed by atoms with van der Waals surface area (Å²) in [5.41, 5.74) is 3.41. The Morgan fingerprint density at radius 2 is 1.31 bits per heavy atom. The number of imidazole rings is 1. The molecule has 0 saturated carbocycles. The topological polar surface area (TPSA) is 56.5 Å². The van der Waals surface area contributed by atoms with E-state index < -0.39 is 60.4 Å². The molecule has 3 heterocycles. The van der Waals surface area contributed by atoms with Gasteiger partial charge >= 0.3 is 0 Å². The van der Waals surface area contributed by atoms with Crippen LogP contribution in [-0.2, 0) is 5.75 Å². The van der Waals surface area contributed by atoms with E-state index in [1.165, 1.54) is 0 Å². The summed E-state index contributed by atoms with van der Waals surface area (Å²) in [7, 11) is 0. The van der Waals surface area contributed by atoms with Crippen molar-refractivity contribution in [2.45, 2.75) is 10.9 Å². The molecule has 0 radical (unpaired) electrons. The molecule has 166 valence electrons. The SMILES string of the molecule is [2H]c1c([2H])c([2H])c(-c2nc(-c3ccc4c(c3)-n3c(nc5ccccc53)SC4)nc(-c3c([2H])c([2H])c([2H])c([2H])c3[2H])n2)c([2H])c1[2H]. The van der Waals surface area contributed by atoms with Crippen molar-refractivity contribution >= 4 is 22.8 Å². The fraction of sp³-hybridized carbons (Fsp3) is 0.0345. The van der Waals surface area contributed by atoms with Gasteiger partial charge in [0.1, 0.15) is 0 Å². The average Bonchev–Trinajstić information content (AvgIpc) is 3.44. The minimum Gasteiger partial charge on any atom is -0.287 e. The summed E-state index contributed by atoms with van der Waals surface area (Å²) in [5.74, 6) is 0.0691. The lowest BCUT2D eigenvalue weighted by Crippen LogP contribution is -2.07. The molecule has 35 heavy (non-hydrogen) atoms. The van der Waals surface area contributed by atoms with E-state index in [2.05, 4.69) is 15.0 Å². The van der Waals surface area contributed by atoms with Crippen LogP contribution in [0.4, 0.5) is 0 Å². The number of aromatic nitrogens is 5. The van der Waals surface area contributed by atoms with Crippen molar-refractivity contribution in [2.75, 3.05) is 0 Å². The molecule has 1 aliphatic rings. The van der Waals surface area contributed by atoms with Crippen molar-refractivity contribution in [3.8, 4) is 39.9 Å². The Balaban J connectivity index is 1.52. The molecular weight excluding hydrogens is 450 g/mol. The summed E-state index contributed by atoms with van der Waals surface area (Å²) in [4.78, 5) is 18.2. The summed E-state index contributed by atoms with van der Waals surface area (Å²) in [6, 6.07) is 7.48. The smallest absolute Gasteiger partial charge is 0.174 e. The molecule has 0 atom stereocenters. The van der Waals surface area contributed by atoms with Gasteiger partial charge in [0.15, 0.2) is 22.6 Å². The molecule has 5 nitrogen and oxygen atoms in total. The standard InChI is InChI=1S/C29H19N5S/c1-3-9-19(10-4-1)26-31-27(20-11-5-2-6-12-20)33-28(32-26)21-15-16-22-18-35-29-30-23-13-7-8-14-24(23)34(29)25(22)17-21/h1-17H,18H2/i1D,2D,3D,4D,5D,6D,9D,10D,11D,12D. The van der Waals surface area contributed by atoms with E-state index in [0.29, 0.717) is 11.3 Å². The van der Waals surface area contributed by atoms with Gasteiger partial charge in [0, 0.05) is 22.4 Å². The third-order valence-electron chi connectivity index (χ3n) is 5.55. The van der Waals surface area contributed by atoms with Gasteiger partial charge in [-0.2, -0.15) is 0 Å². The normalized spacial score (nSPS) is 16.3. The zero-order valence-corrected chi connectivity index (χ0v) is 18.7. The second kappa shape index (κ2) is 8.18. The quantitative estimate of drug-likeness (QED) is 0.279. The van der Waals surface area contributed by atoms with E-state index in [4.69, 9.17) is 18.7 Å². The molecular formula is C29H19N5S. The fourth-order valence-electron chi connectivity index (χ4n) is 3.96. The molecule has 6 aromatic rings. The summed E-state index contributed by atoms with van der Waals surface area (Å²) >= 11 is 1.60. The van der Waals surface area contributed by atoms with Crippen LogP contribution >= 0.6 is 11.8 Å². The zero-order valence-electron chi connectivity index (χ0n) is 27.9. The Kier molecular flexibility index (Phi) is 2.90. The zero-order chi connectivity index (χ0) is 31.9. The number of nitrogens with zero attached hydrogens (tertiary/aromatic N) is 5. The maximum atomic E-state index is 8.52. The number of rotatable bonds is 3. The van der Waals surface area contributed by atoms with Crippen LogP contribution in [0.15, 0.2) is 108 Å². The molecule has 0 spiro atoms. The van der Waals surface area contributed by atoms with Crippen molar-refractivity contribution in [3.05, 3.63) is 108 Å². The van der Waals surface area contributed by atoms with Gasteiger partial charge in [0.25, 0.3) is 0 Å². The highest BCUT2D eigenvalue weighted by molar-refractivity contribution is 7.98. The molecule has 0 N–H and O–H groups in total. The summed E-state index contributed by atoms with van der Waals surface area (Å²) in [5, 5.41) is 0.802. The van der Waals surface area contributed by atoms with Crippen LogP contribution in [-0.4, -0.2) is 24.5 Å². The Labute approximate surface area is 220 Å². The van der Waals surface area contributed by atoms with Crippen molar-refractivity contribution in [1.82, 2.24) is 24.5 Å². The van der Waals surface area contributed by atoms with E-state index in [1.54, 1.807) is 17.8 Å². The second-order valence-electron chi connectivity index (χ2n) is 7.66. The first kappa shape index (κ1) is 12.4. The fourth-order valence-corrected chi connectivity index (χ4v) is 4.98. The molecule has 0 fully saturated rings. The Morgan fingerprint density at radius 1 is 0.686 bits per heavy atom. The number of hydrogen-bond acceptors (Lipinski definition) is 5. The number of hydrogen-bond donors (Lipinski definition) is 0. The number of benzene rings is 4. The first-order chi connectivity index (χ1) is 21.5. The van der Waals surface area contributed by atoms with Gasteiger partial charge in [-0.3, -0.25) is 4.57 Å². The Morgan fingerprint density at radius 3 is 2.00 bits per heavy atom. The molecule has 1 aliphatic heterocycles. The predicted molar refractivity (Wildman–Crippen MR) is 140 cm³/mol. The maximum Gasteiger partial charge on any atom is 0.174 e. The first-order valence-corrected chi connectivity index (χ1v) is 11.6. The van der Waals surface area contributed by atoms with E-state index in [0.717, 1.165) is 27.4 Å². The highest BCUT2D eigenvalue weighted by Crippen LogP contribution is 2.38. The third-order valence-corrected chi connectivity index (χ3v) is 6.54. The van der Waals surface area contributed by atoms with Crippen molar-refractivity contribution in [1.29, 1.82) is 0 Å². The molecule has 0 aliphatic carbocycles. The summed E-state index contributed by atoms with van der Waals surface area (Å²) in [6.07, 6.45) is 0. The molecule has 7 rings (SSSR count). The van der Waals surface area contributed by atoms with Gasteiger partial charge in [0.05, 0.1) is 30.4 Å². The highest BCUT2D eigenvalue weighted by Gasteiger charge is 2.22. The lowest BCUT2D eigenvalue weighted by Gasteiger charge is -2.19. The molecule has 0 saturated heterocycles. The summed E-state index contributed by atoms with van der Waals surface area (Å²) in [6.45, 7) is 0. The minimum absolute atomic E-state index is 0.0145. The lowest BCUT2D eigenvalue weighted by atomic mass is 10.1. The molecule has 0 bridgehead atoms. The lowest BCUT2D eigenvalue weighted by molar-refractivity contribution is 0.894. The van der Waals surface area contributed by atoms with Crippen molar-refractivity contribution in [2.24, 2.45) is 0 Å². The van der Waals surface area contributed by atoms with Crippen LogP contribution in [0.1, 0.15) is 19.3 Å². The molecule has 0 unspecified atom stereocenters. The van der Waals surface area contributed by atoms with Crippen LogP contribution in [0.5, 0.6) is 0 Å². The Bertz CT molecular complexity index is 2110. The van der Waals surface area contributed by atoms with E-state index in [9.17, 15) is 0 Å². The largest absolute Gasteiger partial charge is 0.287 e. The van der Waals surface area contributed by atoms with E-state index in [-0.39, 0.29) is 28.6 Å². The van der Waals surface area contributed by atoms with E-state index in [1.807, 2.05) is 41.0 Å². The highest BCUT2D eigenvalue weighted by atomic mass is 32.2. The van der Waals surface area contributed by atoms with Crippen LogP contribution in [0.25, 0.3) is 50.9 Å². The number of para-hydroxylation sites is 2. The molecule has 2 aromatic heterocycles. The maximum absolute atomic E-state index is 8.52. The van der Waals surface area contributed by atoms with Gasteiger partial charge in [-0.15, -0.1) is 0 Å². The van der Waals surface area contributed by atoms with Crippen molar-refractivity contribution in [3.63, 3.8) is 0 Å². The van der Waals surface area contributed by atoms with Gasteiger partial charge in [-0.1, -0.05) is 96.5 Å². The van der Waals surface area contributed by atoms with Crippen LogP contribution in [0.2, 0.25) is 0 Å². The number of fused-ring (bicyclic) bond motifs is 5. The molecule has 6 heteroatoms. The monoisotopic (exact) mass is 479 g/mol. The van der Waals surface area contributed by atoms with Gasteiger partial charge < -0.3 is 0 Å². The molecule has 0 amide bonds. The Hall–Kier alpha value is -4.29. The van der Waals surface area contributed by atoms with Gasteiger partial charge in [-0.05, 0) is 23.8 Å². The second-order valence-corrected chi connectivity index (χ2v) is 8.60. The van der Waals surface area contributed by atoms with Crippen LogP contribution in [0.3, 0.4) is 0 Å². The predicted octanol–water partition coefficient (Wildman–Crippen LogP) is 6.82. The van der Waals surface area contributed by atoms with Crippen molar-refractivity contribution < 1.29 is 13.7 Å². The van der Waals surface area contributed by atoms with Crippen LogP contribution < -0.4 is 0 Å². The van der Waals surface area contributed by atoms with Gasteiger partial charge in [-0.25, -0.2) is 19.9 Å². The number of thioether (sulfide) groups is 1. The van der Waals surface area contributed by atoms with Gasteiger partial charge in [0.2, 0.25) is 0 Å². The third kappa shape index (κ3) is 3.50.